The van der Waals surface area contributed by atoms with Gasteiger partial charge in [0.15, 0.2) is 5.65 Å². The summed E-state index contributed by atoms with van der Waals surface area (Å²) in [6, 6.07) is 4.03. The van der Waals surface area contributed by atoms with Crippen LogP contribution in [0.15, 0.2) is 18.3 Å². The Morgan fingerprint density at radius 2 is 2.35 bits per heavy atom. The van der Waals surface area contributed by atoms with Crippen LogP contribution in [-0.2, 0) is 10.2 Å². The molecule has 5 heteroatoms. The molecule has 3 heterocycles. The van der Waals surface area contributed by atoms with Gasteiger partial charge in [-0.15, -0.1) is 10.2 Å². The standard InChI is InChI=1S/C12H16N4O/c1-8-3-4-16-10(5-8)14-15-11(16)12(2)7-17-6-9(12)13/h3-5,9H,6-7,13H2,1-2H3. The molecule has 3 rings (SSSR count). The first-order valence-corrected chi connectivity index (χ1v) is 5.76. The number of aryl methyl sites for hydroxylation is 1. The van der Waals surface area contributed by atoms with E-state index in [-0.39, 0.29) is 11.5 Å². The van der Waals surface area contributed by atoms with Gasteiger partial charge < -0.3 is 10.5 Å². The third kappa shape index (κ3) is 1.46. The lowest BCUT2D eigenvalue weighted by atomic mass is 9.85. The molecular formula is C12H16N4O. The predicted octanol–water partition coefficient (Wildman–Crippen LogP) is 0.653. The Bertz CT molecular complexity index is 565. The van der Waals surface area contributed by atoms with Gasteiger partial charge in [-0.2, -0.15) is 0 Å². The lowest BCUT2D eigenvalue weighted by molar-refractivity contribution is 0.178. The van der Waals surface area contributed by atoms with Crippen LogP contribution in [0.3, 0.4) is 0 Å². The zero-order chi connectivity index (χ0) is 12.0. The van der Waals surface area contributed by atoms with Crippen LogP contribution in [0, 0.1) is 6.92 Å². The molecule has 0 aromatic carbocycles. The highest BCUT2D eigenvalue weighted by atomic mass is 16.5. The van der Waals surface area contributed by atoms with Gasteiger partial charge in [0.05, 0.1) is 18.6 Å². The van der Waals surface area contributed by atoms with E-state index in [2.05, 4.69) is 17.1 Å². The Balaban J connectivity index is 2.18. The molecule has 90 valence electrons. The summed E-state index contributed by atoms with van der Waals surface area (Å²) in [5.74, 6) is 0.887. The van der Waals surface area contributed by atoms with Gasteiger partial charge in [0.25, 0.3) is 0 Å². The van der Waals surface area contributed by atoms with Crippen LogP contribution in [0.2, 0.25) is 0 Å². The maximum absolute atomic E-state index is 6.12. The molecule has 0 radical (unpaired) electrons. The van der Waals surface area contributed by atoms with Crippen LogP contribution in [-0.4, -0.2) is 33.9 Å². The van der Waals surface area contributed by atoms with E-state index in [0.717, 1.165) is 11.5 Å². The third-order valence-electron chi connectivity index (χ3n) is 3.59. The first kappa shape index (κ1) is 10.7. The molecule has 0 bridgehead atoms. The van der Waals surface area contributed by atoms with Gasteiger partial charge in [0.2, 0.25) is 0 Å². The highest BCUT2D eigenvalue weighted by Gasteiger charge is 2.42. The number of rotatable bonds is 1. The smallest absolute Gasteiger partial charge is 0.161 e. The third-order valence-corrected chi connectivity index (χ3v) is 3.59. The number of aromatic nitrogens is 3. The zero-order valence-electron chi connectivity index (χ0n) is 10.1. The summed E-state index contributed by atoms with van der Waals surface area (Å²) in [5.41, 5.74) is 7.90. The van der Waals surface area contributed by atoms with Gasteiger partial charge >= 0.3 is 0 Å². The molecule has 0 amide bonds. The van der Waals surface area contributed by atoms with Gasteiger partial charge in [-0.3, -0.25) is 4.40 Å². The molecule has 2 unspecified atom stereocenters. The van der Waals surface area contributed by atoms with E-state index in [9.17, 15) is 0 Å². The number of ether oxygens (including phenoxy) is 1. The molecule has 2 aromatic rings. The summed E-state index contributed by atoms with van der Waals surface area (Å²) < 4.78 is 7.46. The second-order valence-corrected chi connectivity index (χ2v) is 4.99. The molecule has 0 spiro atoms. The van der Waals surface area contributed by atoms with Crippen LogP contribution in [0.1, 0.15) is 18.3 Å². The number of pyridine rings is 1. The molecule has 1 fully saturated rings. The van der Waals surface area contributed by atoms with Crippen molar-refractivity contribution in [3.63, 3.8) is 0 Å². The van der Waals surface area contributed by atoms with Crippen molar-refractivity contribution in [3.8, 4) is 0 Å². The molecule has 2 N–H and O–H groups in total. The monoisotopic (exact) mass is 232 g/mol. The van der Waals surface area contributed by atoms with Crippen molar-refractivity contribution in [2.75, 3.05) is 13.2 Å². The maximum atomic E-state index is 6.12. The maximum Gasteiger partial charge on any atom is 0.161 e. The van der Waals surface area contributed by atoms with E-state index >= 15 is 0 Å². The van der Waals surface area contributed by atoms with Crippen LogP contribution in [0.25, 0.3) is 5.65 Å². The van der Waals surface area contributed by atoms with E-state index in [0.29, 0.717) is 13.2 Å². The topological polar surface area (TPSA) is 65.4 Å². The van der Waals surface area contributed by atoms with Gasteiger partial charge in [-0.1, -0.05) is 0 Å². The summed E-state index contributed by atoms with van der Waals surface area (Å²) in [6.45, 7) is 5.31. The largest absolute Gasteiger partial charge is 0.379 e. The summed E-state index contributed by atoms with van der Waals surface area (Å²) >= 11 is 0. The molecular weight excluding hydrogens is 216 g/mol. The van der Waals surface area contributed by atoms with Crippen molar-refractivity contribution in [1.82, 2.24) is 14.6 Å². The van der Waals surface area contributed by atoms with Crippen molar-refractivity contribution in [3.05, 3.63) is 29.7 Å². The average molecular weight is 232 g/mol. The van der Waals surface area contributed by atoms with E-state index in [1.807, 2.05) is 29.7 Å². The second-order valence-electron chi connectivity index (χ2n) is 4.99. The van der Waals surface area contributed by atoms with Crippen LogP contribution >= 0.6 is 0 Å². The SMILES string of the molecule is Cc1ccn2c(C3(C)COCC3N)nnc2c1. The van der Waals surface area contributed by atoms with E-state index in [1.54, 1.807) is 0 Å². The van der Waals surface area contributed by atoms with Crippen molar-refractivity contribution in [1.29, 1.82) is 0 Å². The molecule has 1 aliphatic rings. The lowest BCUT2D eigenvalue weighted by Gasteiger charge is -2.24. The quantitative estimate of drug-likeness (QED) is 0.784. The summed E-state index contributed by atoms with van der Waals surface area (Å²) in [7, 11) is 0. The van der Waals surface area contributed by atoms with E-state index < -0.39 is 0 Å². The van der Waals surface area contributed by atoms with Gasteiger partial charge in [0.1, 0.15) is 5.82 Å². The second kappa shape index (κ2) is 3.51. The Kier molecular flexibility index (Phi) is 2.21. The van der Waals surface area contributed by atoms with Crippen LogP contribution in [0.4, 0.5) is 0 Å². The minimum Gasteiger partial charge on any atom is -0.379 e. The minimum absolute atomic E-state index is 0.0313. The van der Waals surface area contributed by atoms with Crippen LogP contribution < -0.4 is 5.73 Å². The Morgan fingerprint density at radius 1 is 1.53 bits per heavy atom. The van der Waals surface area contributed by atoms with Crippen molar-refractivity contribution >= 4 is 5.65 Å². The fraction of sp³-hybridized carbons (Fsp3) is 0.500. The van der Waals surface area contributed by atoms with Gasteiger partial charge in [0, 0.05) is 12.2 Å². The molecule has 5 nitrogen and oxygen atoms in total. The number of fused-ring (bicyclic) bond motifs is 1. The number of nitrogens with zero attached hydrogens (tertiary/aromatic N) is 3. The lowest BCUT2D eigenvalue weighted by Crippen LogP contribution is -2.43. The zero-order valence-corrected chi connectivity index (χ0v) is 10.1. The first-order chi connectivity index (χ1) is 8.11. The van der Waals surface area contributed by atoms with Crippen LogP contribution in [0.5, 0.6) is 0 Å². The van der Waals surface area contributed by atoms with E-state index in [1.165, 1.54) is 5.56 Å². The molecule has 17 heavy (non-hydrogen) atoms. The molecule has 1 aliphatic heterocycles. The normalized spacial score (nSPS) is 29.0. The Labute approximate surface area is 99.6 Å². The summed E-state index contributed by atoms with van der Waals surface area (Å²) in [4.78, 5) is 0. The number of hydrogen-bond acceptors (Lipinski definition) is 4. The van der Waals surface area contributed by atoms with E-state index in [4.69, 9.17) is 10.5 Å². The first-order valence-electron chi connectivity index (χ1n) is 5.76. The van der Waals surface area contributed by atoms with Crippen molar-refractivity contribution < 1.29 is 4.74 Å². The highest BCUT2D eigenvalue weighted by molar-refractivity contribution is 5.42. The molecule has 0 saturated carbocycles. The summed E-state index contributed by atoms with van der Waals surface area (Å²) in [5, 5.41) is 8.50. The Morgan fingerprint density at radius 3 is 3.06 bits per heavy atom. The molecule has 2 aromatic heterocycles. The molecule has 2 atom stereocenters. The van der Waals surface area contributed by atoms with Gasteiger partial charge in [-0.05, 0) is 31.5 Å². The van der Waals surface area contributed by atoms with Crippen molar-refractivity contribution in [2.45, 2.75) is 25.3 Å². The fourth-order valence-corrected chi connectivity index (χ4v) is 2.30. The van der Waals surface area contributed by atoms with Gasteiger partial charge in [-0.25, -0.2) is 0 Å². The fourth-order valence-electron chi connectivity index (χ4n) is 2.30. The average Bonchev–Trinajstić information content (AvgIpc) is 2.84. The molecule has 0 aliphatic carbocycles. The summed E-state index contributed by atoms with van der Waals surface area (Å²) in [6.07, 6.45) is 2.00. The minimum atomic E-state index is -0.255. The Hall–Kier alpha value is -1.46. The highest BCUT2D eigenvalue weighted by Crippen LogP contribution is 2.30. The predicted molar refractivity (Wildman–Crippen MR) is 63.9 cm³/mol. The molecule has 1 saturated heterocycles. The number of nitrogens with two attached hydrogens (primary N) is 1. The van der Waals surface area contributed by atoms with Crippen molar-refractivity contribution in [2.24, 2.45) is 5.73 Å². The number of hydrogen-bond donors (Lipinski definition) is 1.